The van der Waals surface area contributed by atoms with Crippen LogP contribution in [0.5, 0.6) is 0 Å². The van der Waals surface area contributed by atoms with Gasteiger partial charge < -0.3 is 0 Å². The second kappa shape index (κ2) is 12.4. The Kier molecular flexibility index (Phi) is 7.02. The van der Waals surface area contributed by atoms with Gasteiger partial charge in [0.15, 0.2) is 0 Å². The fourth-order valence-electron chi connectivity index (χ4n) is 12.8. The van der Waals surface area contributed by atoms with Gasteiger partial charge in [0.25, 0.3) is 0 Å². The molecule has 4 aliphatic carbocycles. The molecule has 9 aromatic carbocycles. The van der Waals surface area contributed by atoms with Gasteiger partial charge in [-0.25, -0.2) is 0 Å². The number of benzene rings is 9. The highest BCUT2D eigenvalue weighted by Gasteiger charge is 2.49. The van der Waals surface area contributed by atoms with Crippen LogP contribution in [-0.2, 0) is 0 Å². The molecule has 4 fully saturated rings. The van der Waals surface area contributed by atoms with Crippen LogP contribution >= 0.6 is 11.3 Å². The summed E-state index contributed by atoms with van der Waals surface area (Å²) in [5.41, 5.74) is 9.62. The molecule has 14 rings (SSSR count). The summed E-state index contributed by atoms with van der Waals surface area (Å²) in [5.74, 6) is 4.26. The summed E-state index contributed by atoms with van der Waals surface area (Å²) in [6, 6.07) is 62.2. The van der Waals surface area contributed by atoms with Crippen molar-refractivity contribution in [3.63, 3.8) is 0 Å². The lowest BCUT2D eigenvalue weighted by atomic mass is 9.50. The van der Waals surface area contributed by atoms with Crippen LogP contribution in [0.1, 0.15) is 43.6 Å². The Labute approximate surface area is 337 Å². The molecule has 0 spiro atoms. The Morgan fingerprint density at radius 1 is 0.351 bits per heavy atom. The molecule has 0 amide bonds. The van der Waals surface area contributed by atoms with Gasteiger partial charge >= 0.3 is 0 Å². The molecule has 0 nitrogen and oxygen atoms in total. The van der Waals surface area contributed by atoms with Crippen molar-refractivity contribution in [2.45, 2.75) is 38.0 Å². The largest absolute Gasteiger partial charge is 0.135 e. The summed E-state index contributed by atoms with van der Waals surface area (Å²) >= 11 is 1.96. The van der Waals surface area contributed by atoms with Crippen LogP contribution in [0.4, 0.5) is 0 Å². The average Bonchev–Trinajstić information content (AvgIpc) is 3.65. The third kappa shape index (κ3) is 4.67. The minimum Gasteiger partial charge on any atom is -0.135 e. The first-order valence-electron chi connectivity index (χ1n) is 21.2. The van der Waals surface area contributed by atoms with Crippen molar-refractivity contribution >= 4 is 74.6 Å². The first-order valence-corrected chi connectivity index (χ1v) is 22.0. The molecule has 57 heavy (non-hydrogen) atoms. The molecule has 0 aliphatic heterocycles. The van der Waals surface area contributed by atoms with Crippen molar-refractivity contribution in [1.29, 1.82) is 0 Å². The van der Waals surface area contributed by atoms with Crippen LogP contribution in [0.2, 0.25) is 0 Å². The predicted molar refractivity (Wildman–Crippen MR) is 245 cm³/mol. The van der Waals surface area contributed by atoms with E-state index in [1.807, 2.05) is 11.3 Å². The van der Waals surface area contributed by atoms with Crippen LogP contribution in [0, 0.1) is 23.7 Å². The Hall–Kier alpha value is -5.76. The average molecular weight is 747 g/mol. The van der Waals surface area contributed by atoms with Crippen molar-refractivity contribution in [3.05, 3.63) is 169 Å². The minimum absolute atomic E-state index is 0.667. The highest BCUT2D eigenvalue weighted by Crippen LogP contribution is 2.62. The number of thiophene rings is 1. The smallest absolute Gasteiger partial charge is 0.0434 e. The van der Waals surface area contributed by atoms with Gasteiger partial charge in [0, 0.05) is 25.7 Å². The zero-order valence-electron chi connectivity index (χ0n) is 31.9. The Morgan fingerprint density at radius 3 is 1.37 bits per heavy atom. The van der Waals surface area contributed by atoms with Gasteiger partial charge in [-0.2, -0.15) is 0 Å². The van der Waals surface area contributed by atoms with Crippen LogP contribution in [0.15, 0.2) is 164 Å². The number of rotatable bonds is 4. The van der Waals surface area contributed by atoms with Crippen molar-refractivity contribution < 1.29 is 0 Å². The highest BCUT2D eigenvalue weighted by atomic mass is 32.1. The molecule has 4 aliphatic rings. The molecule has 1 aromatic heterocycles. The van der Waals surface area contributed by atoms with E-state index >= 15 is 0 Å². The third-order valence-corrected chi connectivity index (χ3v) is 15.8. The summed E-state index contributed by atoms with van der Waals surface area (Å²) in [5, 5.41) is 13.7. The molecule has 272 valence electrons. The van der Waals surface area contributed by atoms with Gasteiger partial charge in [0.05, 0.1) is 0 Å². The molecule has 1 heterocycles. The predicted octanol–water partition coefficient (Wildman–Crippen LogP) is 16.2. The fourth-order valence-corrected chi connectivity index (χ4v) is 14.0. The summed E-state index contributed by atoms with van der Waals surface area (Å²) in [4.78, 5) is 0. The molecule has 0 N–H and O–H groups in total. The van der Waals surface area contributed by atoms with E-state index in [1.54, 1.807) is 5.56 Å². The summed E-state index contributed by atoms with van der Waals surface area (Å²) in [6.07, 6.45) is 7.23. The SMILES string of the molecule is c1ccc(-c2c3ccccc3c(-c3cccc4c3sc3cccc(-c5c6ccccc6c(C6C7CC8CC(C7)CC6C8)c6ccccc56)c34)c3ccccc23)cc1. The van der Waals surface area contributed by atoms with Crippen molar-refractivity contribution in [3.8, 4) is 33.4 Å². The maximum Gasteiger partial charge on any atom is 0.0434 e. The van der Waals surface area contributed by atoms with Gasteiger partial charge in [-0.15, -0.1) is 11.3 Å². The molecule has 0 unspecified atom stereocenters. The quantitative estimate of drug-likeness (QED) is 0.157. The molecule has 1 heteroatoms. The van der Waals surface area contributed by atoms with Crippen LogP contribution in [-0.4, -0.2) is 0 Å². The maximum absolute atomic E-state index is 2.46. The lowest BCUT2D eigenvalue weighted by Gasteiger charge is -2.55. The fraction of sp³-hybridized carbons (Fsp3) is 0.179. The molecule has 0 atom stereocenters. The number of hydrogen-bond donors (Lipinski definition) is 0. The van der Waals surface area contributed by atoms with Gasteiger partial charge in [-0.05, 0) is 144 Å². The van der Waals surface area contributed by atoms with E-state index < -0.39 is 0 Å². The van der Waals surface area contributed by atoms with E-state index in [1.165, 1.54) is 129 Å². The van der Waals surface area contributed by atoms with Crippen LogP contribution < -0.4 is 0 Å². The van der Waals surface area contributed by atoms with Crippen LogP contribution in [0.25, 0.3) is 96.6 Å². The van der Waals surface area contributed by atoms with E-state index in [4.69, 9.17) is 0 Å². The van der Waals surface area contributed by atoms with Crippen molar-refractivity contribution in [2.24, 2.45) is 23.7 Å². The van der Waals surface area contributed by atoms with E-state index in [0.29, 0.717) is 5.92 Å². The lowest BCUT2D eigenvalue weighted by molar-refractivity contribution is -0.00185. The normalized spacial score (nSPS) is 21.5. The number of hydrogen-bond acceptors (Lipinski definition) is 1. The monoisotopic (exact) mass is 746 g/mol. The van der Waals surface area contributed by atoms with E-state index in [0.717, 1.165) is 23.7 Å². The van der Waals surface area contributed by atoms with Crippen molar-refractivity contribution in [2.75, 3.05) is 0 Å². The van der Waals surface area contributed by atoms with E-state index in [9.17, 15) is 0 Å². The highest BCUT2D eigenvalue weighted by molar-refractivity contribution is 7.26. The second-order valence-corrected chi connectivity index (χ2v) is 18.6. The molecule has 4 bridgehead atoms. The molecular formula is C56H42S. The maximum atomic E-state index is 2.46. The number of fused-ring (bicyclic) bond motifs is 7. The molecule has 0 radical (unpaired) electrons. The first kappa shape index (κ1) is 32.3. The molecule has 0 saturated heterocycles. The summed E-state index contributed by atoms with van der Waals surface area (Å²) in [7, 11) is 0. The topological polar surface area (TPSA) is 0 Å². The Bertz CT molecular complexity index is 3110. The Balaban J connectivity index is 1.09. The van der Waals surface area contributed by atoms with Gasteiger partial charge in [-0.3, -0.25) is 0 Å². The summed E-state index contributed by atoms with van der Waals surface area (Å²) in [6.45, 7) is 0. The lowest BCUT2D eigenvalue weighted by Crippen LogP contribution is -2.43. The van der Waals surface area contributed by atoms with Gasteiger partial charge in [-0.1, -0.05) is 158 Å². The third-order valence-electron chi connectivity index (χ3n) is 14.6. The zero-order valence-corrected chi connectivity index (χ0v) is 32.7. The Morgan fingerprint density at radius 2 is 0.789 bits per heavy atom. The first-order chi connectivity index (χ1) is 28.3. The van der Waals surface area contributed by atoms with E-state index in [-0.39, 0.29) is 0 Å². The molecule has 4 saturated carbocycles. The molecular weight excluding hydrogens is 705 g/mol. The van der Waals surface area contributed by atoms with Crippen molar-refractivity contribution in [1.82, 2.24) is 0 Å². The summed E-state index contributed by atoms with van der Waals surface area (Å²) < 4.78 is 2.71. The second-order valence-electron chi connectivity index (χ2n) is 17.5. The standard InChI is InChI=1S/C56H42S/c1-2-14-35(15-3-1)51-38-16-4-6-18-40(38)53(41-19-7-5-17-39(41)51)47-25-12-26-48-54-46(24-13-27-49(54)57-56(47)48)52-42-20-8-10-22-44(42)55(45-23-11-9-21-43(45)52)50-36-29-33-28-34(31-36)32-37(50)30-33/h1-27,33-34,36-37,50H,28-32H2. The van der Waals surface area contributed by atoms with Crippen LogP contribution in [0.3, 0.4) is 0 Å². The van der Waals surface area contributed by atoms with E-state index in [2.05, 4.69) is 164 Å². The van der Waals surface area contributed by atoms with Gasteiger partial charge in [0.1, 0.15) is 0 Å². The molecule has 10 aromatic rings. The van der Waals surface area contributed by atoms with Gasteiger partial charge in [0.2, 0.25) is 0 Å². The zero-order chi connectivity index (χ0) is 37.2. The minimum atomic E-state index is 0.667.